The van der Waals surface area contributed by atoms with Crippen LogP contribution in [0.5, 0.6) is 0 Å². The molecule has 0 bridgehead atoms. The van der Waals surface area contributed by atoms with Crippen LogP contribution in [-0.4, -0.2) is 46.1 Å². The first-order chi connectivity index (χ1) is 12.7. The zero-order valence-corrected chi connectivity index (χ0v) is 15.5. The topological polar surface area (TPSA) is 67.2 Å². The van der Waals surface area contributed by atoms with Crippen LogP contribution in [-0.2, 0) is 15.1 Å². The summed E-state index contributed by atoms with van der Waals surface area (Å²) in [5, 5.41) is 7.54. The Kier molecular flexibility index (Phi) is 5.00. The first-order valence-corrected chi connectivity index (χ1v) is 10.3. The van der Waals surface area contributed by atoms with Gasteiger partial charge in [0.05, 0.1) is 0 Å². The number of piperidine rings is 1. The Hall–Kier alpha value is -1.85. The van der Waals surface area contributed by atoms with E-state index in [1.54, 1.807) is 6.20 Å². The molecule has 0 spiro atoms. The SMILES string of the molecule is O=C(C1CCCCC1)N1CCC(C(=O)NCC2CC2)(n2cccn2)CC1. The number of amides is 2. The summed E-state index contributed by atoms with van der Waals surface area (Å²) in [6.07, 6.45) is 13.0. The van der Waals surface area contributed by atoms with Gasteiger partial charge < -0.3 is 10.2 Å². The summed E-state index contributed by atoms with van der Waals surface area (Å²) >= 11 is 0. The Morgan fingerprint density at radius 1 is 1.08 bits per heavy atom. The van der Waals surface area contributed by atoms with Crippen LogP contribution in [0.15, 0.2) is 18.5 Å². The minimum absolute atomic E-state index is 0.0675. The lowest BCUT2D eigenvalue weighted by Crippen LogP contribution is -2.57. The van der Waals surface area contributed by atoms with E-state index in [0.29, 0.717) is 37.8 Å². The van der Waals surface area contributed by atoms with Crippen LogP contribution in [0.1, 0.15) is 57.8 Å². The highest BCUT2D eigenvalue weighted by Crippen LogP contribution is 2.33. The molecule has 1 aromatic heterocycles. The summed E-state index contributed by atoms with van der Waals surface area (Å²) in [5.74, 6) is 1.22. The van der Waals surface area contributed by atoms with Crippen molar-refractivity contribution in [2.24, 2.45) is 11.8 Å². The van der Waals surface area contributed by atoms with Gasteiger partial charge in [-0.25, -0.2) is 0 Å². The molecule has 6 heteroatoms. The van der Waals surface area contributed by atoms with Crippen molar-refractivity contribution in [3.8, 4) is 0 Å². The van der Waals surface area contributed by atoms with Crippen molar-refractivity contribution in [3.63, 3.8) is 0 Å². The molecule has 26 heavy (non-hydrogen) atoms. The zero-order valence-electron chi connectivity index (χ0n) is 15.5. The van der Waals surface area contributed by atoms with Gasteiger partial charge in [0.25, 0.3) is 0 Å². The third kappa shape index (κ3) is 3.51. The van der Waals surface area contributed by atoms with Gasteiger partial charge in [0.15, 0.2) is 0 Å². The lowest BCUT2D eigenvalue weighted by Gasteiger charge is -2.42. The summed E-state index contributed by atoms with van der Waals surface area (Å²) < 4.78 is 1.82. The molecule has 3 aliphatic rings. The number of rotatable bonds is 5. The van der Waals surface area contributed by atoms with Crippen LogP contribution >= 0.6 is 0 Å². The summed E-state index contributed by atoms with van der Waals surface area (Å²) in [6, 6.07) is 1.87. The molecule has 1 aliphatic heterocycles. The van der Waals surface area contributed by atoms with Crippen molar-refractivity contribution >= 4 is 11.8 Å². The maximum absolute atomic E-state index is 13.1. The monoisotopic (exact) mass is 358 g/mol. The van der Waals surface area contributed by atoms with Gasteiger partial charge in [0.2, 0.25) is 11.8 Å². The Balaban J connectivity index is 1.43. The minimum Gasteiger partial charge on any atom is -0.354 e. The first-order valence-electron chi connectivity index (χ1n) is 10.3. The quantitative estimate of drug-likeness (QED) is 0.878. The lowest BCUT2D eigenvalue weighted by molar-refractivity contribution is -0.143. The van der Waals surface area contributed by atoms with Gasteiger partial charge in [-0.15, -0.1) is 0 Å². The standard InChI is InChI=1S/C20H30N4O2/c25-18(17-5-2-1-3-6-17)23-13-9-20(10-14-23,24-12-4-11-22-24)19(26)21-15-16-7-8-16/h4,11-12,16-17H,1-3,5-10,13-15H2,(H,21,26). The maximum Gasteiger partial charge on any atom is 0.248 e. The van der Waals surface area contributed by atoms with E-state index >= 15 is 0 Å². The van der Waals surface area contributed by atoms with E-state index in [0.717, 1.165) is 19.4 Å². The van der Waals surface area contributed by atoms with E-state index < -0.39 is 5.54 Å². The van der Waals surface area contributed by atoms with Crippen molar-refractivity contribution in [2.75, 3.05) is 19.6 Å². The average molecular weight is 358 g/mol. The number of aromatic nitrogens is 2. The molecule has 1 aromatic rings. The molecule has 142 valence electrons. The Bertz CT molecular complexity index is 624. The molecule has 0 aromatic carbocycles. The third-order valence-electron chi connectivity index (χ3n) is 6.47. The van der Waals surface area contributed by atoms with Crippen LogP contribution < -0.4 is 5.32 Å². The number of hydrogen-bond donors (Lipinski definition) is 1. The predicted molar refractivity (Wildman–Crippen MR) is 98.3 cm³/mol. The average Bonchev–Trinajstić information content (AvgIpc) is 3.36. The van der Waals surface area contributed by atoms with Gasteiger partial charge in [0, 0.05) is 37.9 Å². The van der Waals surface area contributed by atoms with Crippen LogP contribution in [0, 0.1) is 11.8 Å². The zero-order chi connectivity index (χ0) is 18.0. The summed E-state index contributed by atoms with van der Waals surface area (Å²) in [6.45, 7) is 2.06. The third-order valence-corrected chi connectivity index (χ3v) is 6.47. The van der Waals surface area contributed by atoms with Gasteiger partial charge in [-0.05, 0) is 50.5 Å². The van der Waals surface area contributed by atoms with Crippen molar-refractivity contribution < 1.29 is 9.59 Å². The number of likely N-dealkylation sites (tertiary alicyclic amines) is 1. The molecule has 1 saturated heterocycles. The highest BCUT2D eigenvalue weighted by Gasteiger charge is 2.45. The number of nitrogens with zero attached hydrogens (tertiary/aromatic N) is 3. The van der Waals surface area contributed by atoms with Crippen molar-refractivity contribution in [1.82, 2.24) is 20.0 Å². The second-order valence-electron chi connectivity index (χ2n) is 8.30. The molecule has 2 saturated carbocycles. The summed E-state index contributed by atoms with van der Waals surface area (Å²) in [4.78, 5) is 27.9. The Morgan fingerprint density at radius 3 is 2.42 bits per heavy atom. The second kappa shape index (κ2) is 7.41. The highest BCUT2D eigenvalue weighted by molar-refractivity contribution is 5.85. The molecule has 4 rings (SSSR count). The van der Waals surface area contributed by atoms with E-state index in [-0.39, 0.29) is 11.8 Å². The van der Waals surface area contributed by atoms with Crippen molar-refractivity contribution in [3.05, 3.63) is 18.5 Å². The van der Waals surface area contributed by atoms with Gasteiger partial charge in [-0.2, -0.15) is 5.10 Å². The summed E-state index contributed by atoms with van der Waals surface area (Å²) in [5.41, 5.74) is -0.651. The molecule has 1 N–H and O–H groups in total. The van der Waals surface area contributed by atoms with E-state index in [2.05, 4.69) is 10.4 Å². The number of carbonyl (C=O) groups is 2. The lowest BCUT2D eigenvalue weighted by atomic mass is 9.84. The molecular formula is C20H30N4O2. The van der Waals surface area contributed by atoms with Gasteiger partial charge >= 0.3 is 0 Å². The molecule has 6 nitrogen and oxygen atoms in total. The Morgan fingerprint density at radius 2 is 1.81 bits per heavy atom. The summed E-state index contributed by atoms with van der Waals surface area (Å²) in [7, 11) is 0. The van der Waals surface area contributed by atoms with Crippen molar-refractivity contribution in [2.45, 2.75) is 63.3 Å². The van der Waals surface area contributed by atoms with Gasteiger partial charge in [-0.3, -0.25) is 14.3 Å². The largest absolute Gasteiger partial charge is 0.354 e. The first kappa shape index (κ1) is 17.6. The molecule has 0 radical (unpaired) electrons. The maximum atomic E-state index is 13.1. The van der Waals surface area contributed by atoms with Crippen LogP contribution in [0.4, 0.5) is 0 Å². The Labute approximate surface area is 155 Å². The fourth-order valence-electron chi connectivity index (χ4n) is 4.51. The second-order valence-corrected chi connectivity index (χ2v) is 8.30. The fourth-order valence-corrected chi connectivity index (χ4v) is 4.51. The van der Waals surface area contributed by atoms with E-state index in [9.17, 15) is 9.59 Å². The fraction of sp³-hybridized carbons (Fsp3) is 0.750. The molecular weight excluding hydrogens is 328 g/mol. The number of hydrogen-bond acceptors (Lipinski definition) is 3. The predicted octanol–water partition coefficient (Wildman–Crippen LogP) is 2.31. The molecule has 0 unspecified atom stereocenters. The van der Waals surface area contributed by atoms with Crippen molar-refractivity contribution in [1.29, 1.82) is 0 Å². The van der Waals surface area contributed by atoms with E-state index in [1.165, 1.54) is 32.1 Å². The van der Waals surface area contributed by atoms with Crippen LogP contribution in [0.3, 0.4) is 0 Å². The van der Waals surface area contributed by atoms with Gasteiger partial charge in [-0.1, -0.05) is 19.3 Å². The number of nitrogens with one attached hydrogen (secondary N) is 1. The highest BCUT2D eigenvalue weighted by atomic mass is 16.2. The normalized spacial score (nSPS) is 23.6. The smallest absolute Gasteiger partial charge is 0.248 e. The molecule has 2 aliphatic carbocycles. The number of carbonyl (C=O) groups excluding carboxylic acids is 2. The van der Waals surface area contributed by atoms with Crippen LogP contribution in [0.2, 0.25) is 0 Å². The molecule has 3 fully saturated rings. The van der Waals surface area contributed by atoms with Gasteiger partial charge in [0.1, 0.15) is 5.54 Å². The molecule has 0 atom stereocenters. The van der Waals surface area contributed by atoms with Crippen LogP contribution in [0.25, 0.3) is 0 Å². The molecule has 2 amide bonds. The molecule has 2 heterocycles. The minimum atomic E-state index is -0.651. The van der Waals surface area contributed by atoms with E-state index in [4.69, 9.17) is 0 Å². The van der Waals surface area contributed by atoms with E-state index in [1.807, 2.05) is 21.8 Å².